The molecule has 1 saturated heterocycles. The van der Waals surface area contributed by atoms with Crippen molar-refractivity contribution < 1.29 is 13.2 Å². The van der Waals surface area contributed by atoms with E-state index in [4.69, 9.17) is 4.74 Å². The number of piperidine rings is 1. The molecule has 0 unspecified atom stereocenters. The topological polar surface area (TPSA) is 67.4 Å². The molecule has 0 aromatic heterocycles. The van der Waals surface area contributed by atoms with E-state index in [1.54, 1.807) is 0 Å². The summed E-state index contributed by atoms with van der Waals surface area (Å²) in [6, 6.07) is 10.7. The van der Waals surface area contributed by atoms with Crippen LogP contribution in [0.4, 0.5) is 0 Å². The normalized spacial score (nSPS) is 30.9. The minimum atomic E-state index is -3.18. The third-order valence-corrected chi connectivity index (χ3v) is 6.14. The van der Waals surface area contributed by atoms with Gasteiger partial charge in [0, 0.05) is 12.1 Å². The number of ether oxygens (including phenoxy) is 1. The number of sulfonamides is 1. The first kappa shape index (κ1) is 18.8. The molecule has 1 saturated carbocycles. The summed E-state index contributed by atoms with van der Waals surface area (Å²) in [6.45, 7) is 1.50. The second-order valence-corrected chi connectivity index (χ2v) is 9.20. The lowest BCUT2D eigenvalue weighted by Crippen LogP contribution is -2.55. The molecule has 140 valence electrons. The highest BCUT2D eigenvalue weighted by Gasteiger charge is 2.29. The first-order valence-electron chi connectivity index (χ1n) is 9.38. The van der Waals surface area contributed by atoms with E-state index in [-0.39, 0.29) is 12.1 Å². The van der Waals surface area contributed by atoms with Gasteiger partial charge >= 0.3 is 0 Å². The average Bonchev–Trinajstić information content (AvgIpc) is 2.61. The van der Waals surface area contributed by atoms with E-state index in [0.717, 1.165) is 45.1 Å². The molecule has 25 heavy (non-hydrogen) atoms. The van der Waals surface area contributed by atoms with Crippen molar-refractivity contribution in [3.63, 3.8) is 0 Å². The van der Waals surface area contributed by atoms with Crippen LogP contribution in [-0.4, -0.2) is 46.0 Å². The van der Waals surface area contributed by atoms with Gasteiger partial charge in [-0.2, -0.15) is 0 Å². The molecule has 5 nitrogen and oxygen atoms in total. The van der Waals surface area contributed by atoms with E-state index in [2.05, 4.69) is 40.4 Å². The summed E-state index contributed by atoms with van der Waals surface area (Å²) in [4.78, 5) is 0. The molecule has 3 rings (SSSR count). The molecule has 2 aliphatic rings. The predicted octanol–water partition coefficient (Wildman–Crippen LogP) is 2.40. The molecule has 1 aromatic carbocycles. The van der Waals surface area contributed by atoms with Crippen molar-refractivity contribution in [3.05, 3.63) is 35.9 Å². The zero-order chi connectivity index (χ0) is 17.7. The predicted molar refractivity (Wildman–Crippen MR) is 100 cm³/mol. The number of rotatable bonds is 6. The molecule has 0 bridgehead atoms. The van der Waals surface area contributed by atoms with Crippen molar-refractivity contribution in [1.29, 1.82) is 0 Å². The molecule has 1 aliphatic carbocycles. The van der Waals surface area contributed by atoms with Crippen molar-refractivity contribution in [2.75, 3.05) is 19.4 Å². The average molecular weight is 367 g/mol. The minimum absolute atomic E-state index is 0.0651. The monoisotopic (exact) mass is 366 g/mol. The smallest absolute Gasteiger partial charge is 0.209 e. The summed E-state index contributed by atoms with van der Waals surface area (Å²) in [5.41, 5.74) is 1.44. The van der Waals surface area contributed by atoms with Crippen molar-refractivity contribution in [3.8, 4) is 0 Å². The van der Waals surface area contributed by atoms with Crippen molar-refractivity contribution in [2.45, 2.75) is 62.6 Å². The van der Waals surface area contributed by atoms with Crippen LogP contribution in [0.1, 0.15) is 50.0 Å². The molecule has 2 atom stereocenters. The Kier molecular flexibility index (Phi) is 6.49. The molecular formula is C19H30N2O3S. The van der Waals surface area contributed by atoms with Crippen molar-refractivity contribution in [1.82, 2.24) is 10.0 Å². The van der Waals surface area contributed by atoms with E-state index < -0.39 is 10.0 Å². The van der Waals surface area contributed by atoms with Crippen LogP contribution in [0, 0.1) is 0 Å². The largest absolute Gasteiger partial charge is 0.377 e. The molecule has 2 N–H and O–H groups in total. The number of hydrogen-bond donors (Lipinski definition) is 2. The molecular weight excluding hydrogens is 336 g/mol. The van der Waals surface area contributed by atoms with Crippen LogP contribution in [0.5, 0.6) is 0 Å². The first-order chi connectivity index (χ1) is 12.0. The third kappa shape index (κ3) is 5.78. The highest BCUT2D eigenvalue weighted by molar-refractivity contribution is 7.88. The highest BCUT2D eigenvalue weighted by Crippen LogP contribution is 2.34. The van der Waals surface area contributed by atoms with E-state index in [9.17, 15) is 8.42 Å². The summed E-state index contributed by atoms with van der Waals surface area (Å²) < 4.78 is 32.0. The van der Waals surface area contributed by atoms with Crippen molar-refractivity contribution in [2.24, 2.45) is 0 Å². The Hall–Kier alpha value is -0.950. The second kappa shape index (κ2) is 8.62. The molecule has 2 fully saturated rings. The fourth-order valence-electron chi connectivity index (χ4n) is 4.07. The Morgan fingerprint density at radius 1 is 1.12 bits per heavy atom. The fraction of sp³-hybridized carbons (Fsp3) is 0.684. The Labute approximate surface area is 151 Å². The Morgan fingerprint density at radius 3 is 2.52 bits per heavy atom. The van der Waals surface area contributed by atoms with Crippen LogP contribution in [0.25, 0.3) is 0 Å². The molecule has 6 heteroatoms. The van der Waals surface area contributed by atoms with Gasteiger partial charge in [-0.3, -0.25) is 0 Å². The summed E-state index contributed by atoms with van der Waals surface area (Å²) >= 11 is 0. The Morgan fingerprint density at radius 2 is 1.84 bits per heavy atom. The van der Waals surface area contributed by atoms with E-state index in [0.29, 0.717) is 18.6 Å². The van der Waals surface area contributed by atoms with Crippen molar-refractivity contribution >= 4 is 10.0 Å². The molecule has 0 amide bonds. The van der Waals surface area contributed by atoms with Gasteiger partial charge < -0.3 is 10.1 Å². The first-order valence-corrected chi connectivity index (χ1v) is 11.3. The number of hydrogen-bond acceptors (Lipinski definition) is 4. The molecule has 1 aromatic rings. The minimum Gasteiger partial charge on any atom is -0.377 e. The number of nitrogens with one attached hydrogen (secondary N) is 2. The SMILES string of the molecule is CS(=O)(=O)N[C@H]1CCCN[C@H]1CO[C@H]1CC[C@@H](c2ccccc2)CC1. The Balaban J connectivity index is 1.45. The molecule has 0 radical (unpaired) electrons. The van der Waals surface area contributed by atoms with Gasteiger partial charge in [0.1, 0.15) is 0 Å². The lowest BCUT2D eigenvalue weighted by Gasteiger charge is -2.35. The second-order valence-electron chi connectivity index (χ2n) is 7.42. The van der Waals surface area contributed by atoms with E-state index >= 15 is 0 Å². The van der Waals surface area contributed by atoms with Crippen LogP contribution in [-0.2, 0) is 14.8 Å². The van der Waals surface area contributed by atoms with Gasteiger partial charge in [-0.15, -0.1) is 0 Å². The zero-order valence-electron chi connectivity index (χ0n) is 15.0. The van der Waals surface area contributed by atoms with Crippen LogP contribution < -0.4 is 10.0 Å². The van der Waals surface area contributed by atoms with Crippen LogP contribution in [0.2, 0.25) is 0 Å². The fourth-order valence-corrected chi connectivity index (χ4v) is 4.90. The molecule has 0 spiro atoms. The molecule has 1 aliphatic heterocycles. The lowest BCUT2D eigenvalue weighted by atomic mass is 9.83. The standard InChI is InChI=1S/C19H30N2O3S/c1-25(22,23)21-18-8-5-13-20-19(18)14-24-17-11-9-16(10-12-17)15-6-3-2-4-7-15/h2-4,6-7,16-21H,5,8-14H2,1H3/t16-,17+,18-,19-/m0/s1. The number of benzene rings is 1. The van der Waals surface area contributed by atoms with Crippen LogP contribution >= 0.6 is 0 Å². The maximum atomic E-state index is 11.5. The van der Waals surface area contributed by atoms with E-state index in [1.807, 2.05) is 0 Å². The van der Waals surface area contributed by atoms with Crippen LogP contribution in [0.15, 0.2) is 30.3 Å². The van der Waals surface area contributed by atoms with Gasteiger partial charge in [-0.25, -0.2) is 13.1 Å². The highest BCUT2D eigenvalue weighted by atomic mass is 32.2. The third-order valence-electron chi connectivity index (χ3n) is 5.41. The van der Waals surface area contributed by atoms with E-state index in [1.165, 1.54) is 11.8 Å². The van der Waals surface area contributed by atoms with Gasteiger partial charge in [0.2, 0.25) is 10.0 Å². The summed E-state index contributed by atoms with van der Waals surface area (Å²) in [7, 11) is -3.18. The summed E-state index contributed by atoms with van der Waals surface area (Å²) in [6.07, 6.45) is 7.87. The Bertz CT molecular complexity index is 627. The quantitative estimate of drug-likeness (QED) is 0.811. The molecule has 1 heterocycles. The summed E-state index contributed by atoms with van der Waals surface area (Å²) in [5.74, 6) is 0.647. The lowest BCUT2D eigenvalue weighted by molar-refractivity contribution is 0.00524. The van der Waals surface area contributed by atoms with Gasteiger partial charge in [0.15, 0.2) is 0 Å². The van der Waals surface area contributed by atoms with Crippen LogP contribution in [0.3, 0.4) is 0 Å². The maximum Gasteiger partial charge on any atom is 0.209 e. The van der Waals surface area contributed by atoms with Gasteiger partial charge in [-0.05, 0) is 56.6 Å². The van der Waals surface area contributed by atoms with Gasteiger partial charge in [-0.1, -0.05) is 30.3 Å². The van der Waals surface area contributed by atoms with Gasteiger partial charge in [0.05, 0.1) is 19.0 Å². The van der Waals surface area contributed by atoms with Gasteiger partial charge in [0.25, 0.3) is 0 Å². The maximum absolute atomic E-state index is 11.5. The zero-order valence-corrected chi connectivity index (χ0v) is 15.8. The summed E-state index contributed by atoms with van der Waals surface area (Å²) in [5, 5.41) is 3.41.